The Kier molecular flexibility index (Phi) is 4.68. The summed E-state index contributed by atoms with van der Waals surface area (Å²) in [5.74, 6) is 0. The molecule has 1 aliphatic carbocycles. The van der Waals surface area contributed by atoms with Gasteiger partial charge in [0.1, 0.15) is 5.60 Å². The summed E-state index contributed by atoms with van der Waals surface area (Å²) in [6.07, 6.45) is 1.58. The van der Waals surface area contributed by atoms with Crippen LogP contribution in [0.3, 0.4) is 0 Å². The molecule has 0 aliphatic heterocycles. The number of ether oxygens (including phenoxy) is 1. The number of hydrogen-bond acceptors (Lipinski definition) is 3. The topological polar surface area (TPSA) is 64.3 Å². The molecule has 0 bridgehead atoms. The lowest BCUT2D eigenvalue weighted by molar-refractivity contribution is 0.0467. The van der Waals surface area contributed by atoms with E-state index in [2.05, 4.69) is 5.32 Å². The highest BCUT2D eigenvalue weighted by atomic mass is 35.5. The van der Waals surface area contributed by atoms with Gasteiger partial charge in [-0.1, -0.05) is 0 Å². The van der Waals surface area contributed by atoms with Gasteiger partial charge in [0.25, 0.3) is 0 Å². The number of halogens is 1. The van der Waals surface area contributed by atoms with E-state index in [1.54, 1.807) is 0 Å². The molecule has 0 radical (unpaired) electrons. The Balaban J connectivity index is 0.00000169. The zero-order valence-electron chi connectivity index (χ0n) is 8.87. The molecule has 1 fully saturated rings. The first kappa shape index (κ1) is 13.5. The number of rotatable bonds is 1. The molecule has 1 aliphatic rings. The van der Waals surface area contributed by atoms with Gasteiger partial charge in [-0.25, -0.2) is 4.79 Å². The fourth-order valence-electron chi connectivity index (χ4n) is 1.16. The van der Waals surface area contributed by atoms with Crippen LogP contribution in [-0.4, -0.2) is 23.8 Å². The molecule has 0 aromatic carbocycles. The van der Waals surface area contributed by atoms with Gasteiger partial charge in [0, 0.05) is 12.1 Å². The predicted octanol–water partition coefficient (Wildman–Crippen LogP) is 1.42. The molecule has 4 nitrogen and oxygen atoms in total. The Bertz CT molecular complexity index is 203. The number of carbonyl (C=O) groups excluding carboxylic acids is 1. The second-order valence-corrected chi connectivity index (χ2v) is 4.49. The van der Waals surface area contributed by atoms with E-state index in [9.17, 15) is 4.79 Å². The van der Waals surface area contributed by atoms with Crippen molar-refractivity contribution in [2.75, 3.05) is 0 Å². The second-order valence-electron chi connectivity index (χ2n) is 4.49. The minimum absolute atomic E-state index is 0. The molecular formula is C9H19ClN2O2. The van der Waals surface area contributed by atoms with Gasteiger partial charge in [-0.15, -0.1) is 12.4 Å². The summed E-state index contributed by atoms with van der Waals surface area (Å²) in [5, 5.41) is 2.74. The quantitative estimate of drug-likeness (QED) is 0.706. The van der Waals surface area contributed by atoms with Gasteiger partial charge in [0.15, 0.2) is 0 Å². The third-order valence-electron chi connectivity index (χ3n) is 2.03. The predicted molar refractivity (Wildman–Crippen MR) is 57.6 cm³/mol. The van der Waals surface area contributed by atoms with Gasteiger partial charge in [0.2, 0.25) is 0 Å². The van der Waals surface area contributed by atoms with E-state index in [1.165, 1.54) is 0 Å². The van der Waals surface area contributed by atoms with Crippen LogP contribution in [0.15, 0.2) is 0 Å². The third-order valence-corrected chi connectivity index (χ3v) is 2.03. The number of alkyl carbamates (subject to hydrolysis) is 1. The Morgan fingerprint density at radius 3 is 2.29 bits per heavy atom. The minimum Gasteiger partial charge on any atom is -0.444 e. The van der Waals surface area contributed by atoms with Crippen LogP contribution in [0.4, 0.5) is 4.79 Å². The van der Waals surface area contributed by atoms with Gasteiger partial charge in [-0.2, -0.15) is 0 Å². The van der Waals surface area contributed by atoms with Crippen molar-refractivity contribution in [1.82, 2.24) is 5.32 Å². The van der Waals surface area contributed by atoms with Crippen molar-refractivity contribution in [3.63, 3.8) is 0 Å². The molecule has 84 valence electrons. The van der Waals surface area contributed by atoms with E-state index in [-0.39, 0.29) is 30.6 Å². The molecular weight excluding hydrogens is 204 g/mol. The number of amides is 1. The molecule has 1 rings (SSSR count). The van der Waals surface area contributed by atoms with E-state index in [0.29, 0.717) is 0 Å². The molecule has 0 saturated heterocycles. The first-order valence-corrected chi connectivity index (χ1v) is 4.63. The van der Waals surface area contributed by atoms with Gasteiger partial charge in [0.05, 0.1) is 0 Å². The summed E-state index contributed by atoms with van der Waals surface area (Å²) in [4.78, 5) is 11.2. The van der Waals surface area contributed by atoms with Crippen LogP contribution in [-0.2, 0) is 4.74 Å². The lowest BCUT2D eigenvalue weighted by Gasteiger charge is -2.34. The summed E-state index contributed by atoms with van der Waals surface area (Å²) in [5.41, 5.74) is 5.23. The molecule has 5 heteroatoms. The zero-order chi connectivity index (χ0) is 10.1. The molecule has 0 heterocycles. The maximum absolute atomic E-state index is 11.2. The maximum atomic E-state index is 11.2. The first-order valence-electron chi connectivity index (χ1n) is 4.63. The van der Waals surface area contributed by atoms with Crippen molar-refractivity contribution in [1.29, 1.82) is 0 Å². The monoisotopic (exact) mass is 222 g/mol. The van der Waals surface area contributed by atoms with Crippen LogP contribution in [0, 0.1) is 0 Å². The lowest BCUT2D eigenvalue weighted by Crippen LogP contribution is -2.55. The molecule has 1 saturated carbocycles. The average molecular weight is 223 g/mol. The van der Waals surface area contributed by atoms with Gasteiger partial charge >= 0.3 is 6.09 Å². The van der Waals surface area contributed by atoms with E-state index in [0.717, 1.165) is 12.8 Å². The van der Waals surface area contributed by atoms with Crippen LogP contribution < -0.4 is 11.1 Å². The fraction of sp³-hybridized carbons (Fsp3) is 0.889. The Morgan fingerprint density at radius 1 is 1.43 bits per heavy atom. The van der Waals surface area contributed by atoms with Crippen LogP contribution in [0.25, 0.3) is 0 Å². The highest BCUT2D eigenvalue weighted by Gasteiger charge is 2.30. The van der Waals surface area contributed by atoms with Crippen molar-refractivity contribution >= 4 is 18.5 Å². The summed E-state index contributed by atoms with van der Waals surface area (Å²) >= 11 is 0. The second kappa shape index (κ2) is 4.84. The lowest BCUT2D eigenvalue weighted by atomic mass is 9.87. The number of nitrogens with one attached hydrogen (secondary N) is 1. The van der Waals surface area contributed by atoms with Crippen LogP contribution >= 0.6 is 12.4 Å². The molecule has 0 aromatic rings. The van der Waals surface area contributed by atoms with Crippen molar-refractivity contribution in [2.45, 2.75) is 51.3 Å². The van der Waals surface area contributed by atoms with Crippen LogP contribution in [0.1, 0.15) is 33.6 Å². The first-order chi connectivity index (χ1) is 5.88. The molecule has 14 heavy (non-hydrogen) atoms. The highest BCUT2D eigenvalue weighted by molar-refractivity contribution is 5.85. The van der Waals surface area contributed by atoms with E-state index < -0.39 is 5.60 Å². The van der Waals surface area contributed by atoms with Crippen molar-refractivity contribution in [2.24, 2.45) is 5.73 Å². The molecule has 2 unspecified atom stereocenters. The summed E-state index contributed by atoms with van der Waals surface area (Å²) in [7, 11) is 0. The van der Waals surface area contributed by atoms with E-state index >= 15 is 0 Å². The summed E-state index contributed by atoms with van der Waals surface area (Å²) in [6.45, 7) is 5.52. The summed E-state index contributed by atoms with van der Waals surface area (Å²) in [6, 6.07) is 0.211. The average Bonchev–Trinajstić information content (AvgIpc) is 1.94. The van der Waals surface area contributed by atoms with Crippen LogP contribution in [0.5, 0.6) is 0 Å². The molecule has 2 atom stereocenters. The Morgan fingerprint density at radius 2 is 2.00 bits per heavy atom. The number of carbonyl (C=O) groups is 1. The molecule has 1 amide bonds. The smallest absolute Gasteiger partial charge is 0.407 e. The van der Waals surface area contributed by atoms with Gasteiger partial charge < -0.3 is 15.8 Å². The van der Waals surface area contributed by atoms with E-state index in [1.807, 2.05) is 20.8 Å². The standard InChI is InChI=1S/C9H18N2O2.ClH/c1-9(2,3)13-8(12)11-7-5-4-6(7)10;/h6-7H,4-5,10H2,1-3H3,(H,11,12);1H. The molecule has 0 aromatic heterocycles. The summed E-state index contributed by atoms with van der Waals surface area (Å²) < 4.78 is 5.09. The van der Waals surface area contributed by atoms with Gasteiger partial charge in [-0.05, 0) is 33.6 Å². The Hall–Kier alpha value is -0.480. The zero-order valence-corrected chi connectivity index (χ0v) is 9.69. The normalized spacial score (nSPS) is 25.7. The number of nitrogens with two attached hydrogens (primary N) is 1. The van der Waals surface area contributed by atoms with Gasteiger partial charge in [-0.3, -0.25) is 0 Å². The van der Waals surface area contributed by atoms with Crippen molar-refractivity contribution in [3.8, 4) is 0 Å². The van der Waals surface area contributed by atoms with E-state index in [4.69, 9.17) is 10.5 Å². The molecule has 0 spiro atoms. The third kappa shape index (κ3) is 4.15. The maximum Gasteiger partial charge on any atom is 0.407 e. The van der Waals surface area contributed by atoms with Crippen LogP contribution in [0.2, 0.25) is 0 Å². The molecule has 3 N–H and O–H groups in total. The SMILES string of the molecule is CC(C)(C)OC(=O)NC1CCC1N.Cl. The minimum atomic E-state index is -0.433. The Labute approximate surface area is 91.0 Å². The largest absolute Gasteiger partial charge is 0.444 e. The highest BCUT2D eigenvalue weighted by Crippen LogP contribution is 2.18. The van der Waals surface area contributed by atoms with Crippen molar-refractivity contribution < 1.29 is 9.53 Å². The van der Waals surface area contributed by atoms with Crippen molar-refractivity contribution in [3.05, 3.63) is 0 Å². The fourth-order valence-corrected chi connectivity index (χ4v) is 1.16. The number of hydrogen-bond donors (Lipinski definition) is 2.